The number of rotatable bonds is 6. The van der Waals surface area contributed by atoms with Crippen LogP contribution in [-0.2, 0) is 43.6 Å². The average molecular weight is 427 g/mol. The van der Waals surface area contributed by atoms with E-state index in [0.29, 0.717) is 0 Å². The first kappa shape index (κ1) is 15.6. The number of carbonyl (C=O) groups excluding carboxylic acids is 2. The minimum absolute atomic E-state index is 0.122. The molecule has 0 fully saturated rings. The summed E-state index contributed by atoms with van der Waals surface area (Å²) in [5.41, 5.74) is 17.3. The van der Waals surface area contributed by atoms with E-state index in [-0.39, 0.29) is 19.7 Å². The number of esters is 2. The Kier molecular flexibility index (Phi) is 8.05. The van der Waals surface area contributed by atoms with E-state index in [2.05, 4.69) is 19.1 Å². The Morgan fingerprint density at radius 2 is 1.35 bits per heavy atom. The van der Waals surface area contributed by atoms with Crippen molar-refractivity contribution in [1.29, 1.82) is 0 Å². The SMILES string of the molecule is CCOC(=O)[C](=[N+]=[N-])[Hg][C](=[N+]=[N-])C(=O)OCC. The van der Waals surface area contributed by atoms with E-state index in [9.17, 15) is 9.59 Å². The van der Waals surface area contributed by atoms with Crippen LogP contribution in [0.25, 0.3) is 11.1 Å². The van der Waals surface area contributed by atoms with Crippen molar-refractivity contribution in [1.82, 2.24) is 0 Å². The van der Waals surface area contributed by atoms with Crippen LogP contribution in [0.15, 0.2) is 0 Å². The normalized spacial score (nSPS) is 8.12. The van der Waals surface area contributed by atoms with Crippen LogP contribution < -0.4 is 0 Å². The monoisotopic (exact) mass is 428 g/mol. The summed E-state index contributed by atoms with van der Waals surface area (Å²) in [6, 6.07) is 0. The van der Waals surface area contributed by atoms with E-state index in [0.717, 1.165) is 0 Å². The first-order valence-electron chi connectivity index (χ1n) is 4.86. The van der Waals surface area contributed by atoms with E-state index >= 15 is 0 Å². The molecule has 0 aromatic heterocycles. The van der Waals surface area contributed by atoms with Gasteiger partial charge >= 0.3 is 110 Å². The molecule has 0 unspecified atom stereocenters. The summed E-state index contributed by atoms with van der Waals surface area (Å²) in [7, 11) is 0. The van der Waals surface area contributed by atoms with Crippen molar-refractivity contribution >= 4 is 18.4 Å². The molecule has 0 saturated carbocycles. The van der Waals surface area contributed by atoms with Gasteiger partial charge in [0.25, 0.3) is 0 Å². The zero-order valence-electron chi connectivity index (χ0n) is 9.54. The predicted molar refractivity (Wildman–Crippen MR) is 50.5 cm³/mol. The molecular weight excluding hydrogens is 417 g/mol. The molecule has 0 aliphatic carbocycles. The predicted octanol–water partition coefficient (Wildman–Crippen LogP) is -0.548. The number of ether oxygens (including phenoxy) is 2. The van der Waals surface area contributed by atoms with Crippen molar-refractivity contribution in [3.8, 4) is 0 Å². The summed E-state index contributed by atoms with van der Waals surface area (Å²) in [4.78, 5) is 28.1. The molecule has 0 bridgehead atoms. The Labute approximate surface area is 110 Å². The van der Waals surface area contributed by atoms with Crippen molar-refractivity contribution in [2.75, 3.05) is 13.2 Å². The van der Waals surface area contributed by atoms with Crippen LogP contribution in [0.5, 0.6) is 0 Å². The van der Waals surface area contributed by atoms with Crippen LogP contribution in [-0.4, -0.2) is 41.2 Å². The number of hydrogen-bond acceptors (Lipinski definition) is 4. The second kappa shape index (κ2) is 8.75. The number of carbonyl (C=O) groups is 2. The Bertz CT molecular complexity index is 372. The van der Waals surface area contributed by atoms with E-state index < -0.39 is 36.5 Å². The molecule has 0 saturated heterocycles. The third kappa shape index (κ3) is 5.49. The zero-order valence-corrected chi connectivity index (χ0v) is 15.0. The van der Waals surface area contributed by atoms with Crippen LogP contribution in [0.3, 0.4) is 0 Å². The third-order valence-electron chi connectivity index (χ3n) is 1.60. The van der Waals surface area contributed by atoms with E-state index in [1.165, 1.54) is 0 Å². The Balaban J connectivity index is 4.79. The van der Waals surface area contributed by atoms with Gasteiger partial charge in [0.05, 0.1) is 0 Å². The van der Waals surface area contributed by atoms with Gasteiger partial charge in [-0.3, -0.25) is 0 Å². The second-order valence-electron chi connectivity index (χ2n) is 2.71. The molecule has 0 spiro atoms. The molecule has 8 nitrogen and oxygen atoms in total. The van der Waals surface area contributed by atoms with Gasteiger partial charge in [0, 0.05) is 0 Å². The van der Waals surface area contributed by atoms with Gasteiger partial charge < -0.3 is 0 Å². The Morgan fingerprint density at radius 3 is 1.59 bits per heavy atom. The number of nitrogens with zero attached hydrogens (tertiary/aromatic N) is 4. The van der Waals surface area contributed by atoms with Crippen molar-refractivity contribution in [3.63, 3.8) is 0 Å². The molecule has 0 aliphatic rings. The fourth-order valence-corrected chi connectivity index (χ4v) is 4.58. The zero-order chi connectivity index (χ0) is 13.3. The maximum atomic E-state index is 11.3. The van der Waals surface area contributed by atoms with Crippen molar-refractivity contribution < 1.29 is 53.2 Å². The molecule has 0 atom stereocenters. The van der Waals surface area contributed by atoms with Crippen LogP contribution >= 0.6 is 0 Å². The molecule has 9 heteroatoms. The molecule has 0 aliphatic heterocycles. The molecule has 0 rings (SSSR count). The van der Waals surface area contributed by atoms with Crippen molar-refractivity contribution in [2.45, 2.75) is 13.8 Å². The first-order valence-corrected chi connectivity index (χ1v) is 10.4. The van der Waals surface area contributed by atoms with Gasteiger partial charge in [0.15, 0.2) is 0 Å². The number of hydrogen-bond donors (Lipinski definition) is 0. The molecule has 88 valence electrons. The van der Waals surface area contributed by atoms with Gasteiger partial charge in [-0.2, -0.15) is 0 Å². The maximum absolute atomic E-state index is 11.3. The van der Waals surface area contributed by atoms with Crippen LogP contribution in [0.4, 0.5) is 0 Å². The topological polar surface area (TPSA) is 125 Å². The molecule has 0 heterocycles. The van der Waals surface area contributed by atoms with Gasteiger partial charge in [0.1, 0.15) is 0 Å². The molecule has 0 N–H and O–H groups in total. The summed E-state index contributed by atoms with van der Waals surface area (Å²) < 4.78 is 8.78. The fourth-order valence-electron chi connectivity index (χ4n) is 0.884. The standard InChI is InChI=1S/2C4H5N2O2.Hg/c2*1-2-8-4(7)3-6-5;/h2*2H2,1H3;. The third-order valence-corrected chi connectivity index (χ3v) is 7.55. The minimum atomic E-state index is -2.66. The van der Waals surface area contributed by atoms with E-state index in [4.69, 9.17) is 11.1 Å². The van der Waals surface area contributed by atoms with Gasteiger partial charge in [-0.15, -0.1) is 0 Å². The van der Waals surface area contributed by atoms with Gasteiger partial charge in [-0.1, -0.05) is 0 Å². The van der Waals surface area contributed by atoms with Crippen molar-refractivity contribution in [3.05, 3.63) is 11.1 Å². The molecule has 0 amide bonds. The van der Waals surface area contributed by atoms with Crippen LogP contribution in [0.2, 0.25) is 0 Å². The van der Waals surface area contributed by atoms with Crippen LogP contribution in [0.1, 0.15) is 13.8 Å². The molecule has 0 radical (unpaired) electrons. The first-order chi connectivity index (χ1) is 8.10. The molecular formula is C8H10HgN4O4. The van der Waals surface area contributed by atoms with Crippen LogP contribution in [0, 0.1) is 0 Å². The summed E-state index contributed by atoms with van der Waals surface area (Å²) in [6.07, 6.45) is 0. The second-order valence-corrected chi connectivity index (χ2v) is 9.29. The summed E-state index contributed by atoms with van der Waals surface area (Å²) in [5.74, 6) is -1.61. The quantitative estimate of drug-likeness (QED) is 0.186. The van der Waals surface area contributed by atoms with Crippen molar-refractivity contribution in [2.24, 2.45) is 0 Å². The summed E-state index contributed by atoms with van der Waals surface area (Å²) >= 11 is -2.66. The van der Waals surface area contributed by atoms with E-state index in [1.807, 2.05) is 0 Å². The van der Waals surface area contributed by atoms with E-state index in [1.54, 1.807) is 13.8 Å². The molecule has 0 aromatic rings. The molecule has 17 heavy (non-hydrogen) atoms. The van der Waals surface area contributed by atoms with Gasteiger partial charge in [0.2, 0.25) is 0 Å². The Hall–Kier alpha value is -1.36. The van der Waals surface area contributed by atoms with Gasteiger partial charge in [-0.25, -0.2) is 0 Å². The summed E-state index contributed by atoms with van der Waals surface area (Å²) in [6.45, 7) is 3.43. The van der Waals surface area contributed by atoms with Gasteiger partial charge in [-0.05, 0) is 0 Å². The Morgan fingerprint density at radius 1 is 1.00 bits per heavy atom. The fraction of sp³-hybridized carbons (Fsp3) is 0.500. The average Bonchev–Trinajstić information content (AvgIpc) is 2.31. The molecule has 0 aromatic carbocycles. The summed E-state index contributed by atoms with van der Waals surface area (Å²) in [5, 5.41) is 0.